The second-order valence-electron chi connectivity index (χ2n) is 3.50. The largest absolute Gasteiger partial charge is 0.289 e. The lowest BCUT2D eigenvalue weighted by Gasteiger charge is -2.17. The summed E-state index contributed by atoms with van der Waals surface area (Å²) in [6, 6.07) is 0. The van der Waals surface area contributed by atoms with Crippen molar-refractivity contribution in [3.63, 3.8) is 0 Å². The van der Waals surface area contributed by atoms with Crippen LogP contribution in [0.15, 0.2) is 34.9 Å². The average Bonchev–Trinajstić information content (AvgIpc) is 2.19. The molecule has 0 aromatic carbocycles. The molecule has 1 aliphatic rings. The summed E-state index contributed by atoms with van der Waals surface area (Å²) in [5, 5.41) is 0. The van der Waals surface area contributed by atoms with Crippen LogP contribution in [-0.4, -0.2) is 11.6 Å². The molecule has 0 bridgehead atoms. The van der Waals surface area contributed by atoms with Crippen LogP contribution in [0.2, 0.25) is 0 Å². The van der Waals surface area contributed by atoms with Gasteiger partial charge in [0.1, 0.15) is 0 Å². The van der Waals surface area contributed by atoms with Crippen LogP contribution in [0, 0.1) is 0 Å². The molecule has 0 fully saturated rings. The molecule has 0 N–H and O–H groups in total. The number of ketones is 2. The number of hydrogen-bond donors (Lipinski definition) is 0. The van der Waals surface area contributed by atoms with E-state index in [0.29, 0.717) is 28.7 Å². The van der Waals surface area contributed by atoms with Crippen LogP contribution in [0.5, 0.6) is 0 Å². The second kappa shape index (κ2) is 3.74. The van der Waals surface area contributed by atoms with Gasteiger partial charge in [0.15, 0.2) is 11.6 Å². The van der Waals surface area contributed by atoms with Crippen LogP contribution in [0.1, 0.15) is 27.2 Å². The predicted octanol–water partition coefficient (Wildman–Crippen LogP) is 2.37. The first-order chi connectivity index (χ1) is 6.50. The summed E-state index contributed by atoms with van der Waals surface area (Å²) in [4.78, 5) is 23.4. The van der Waals surface area contributed by atoms with Crippen molar-refractivity contribution in [3.05, 3.63) is 34.9 Å². The molecule has 0 saturated heterocycles. The number of rotatable bonds is 2. The lowest BCUT2D eigenvalue weighted by Crippen LogP contribution is -2.20. The Balaban J connectivity index is 3.25. The van der Waals surface area contributed by atoms with E-state index in [1.165, 1.54) is 0 Å². The van der Waals surface area contributed by atoms with Crippen molar-refractivity contribution >= 4 is 11.6 Å². The van der Waals surface area contributed by atoms with Crippen LogP contribution in [0.25, 0.3) is 0 Å². The van der Waals surface area contributed by atoms with E-state index in [1.54, 1.807) is 26.8 Å². The second-order valence-corrected chi connectivity index (χ2v) is 3.50. The maximum absolute atomic E-state index is 11.8. The first-order valence-electron chi connectivity index (χ1n) is 4.58. The maximum Gasteiger partial charge on any atom is 0.185 e. The number of hydrogen-bond acceptors (Lipinski definition) is 2. The summed E-state index contributed by atoms with van der Waals surface area (Å²) in [7, 11) is 0. The molecular formula is C12H14O2. The molecule has 0 aromatic heterocycles. The van der Waals surface area contributed by atoms with Crippen molar-refractivity contribution in [1.82, 2.24) is 0 Å². The Morgan fingerprint density at radius 3 is 2.00 bits per heavy atom. The van der Waals surface area contributed by atoms with Gasteiger partial charge in [-0.1, -0.05) is 6.08 Å². The van der Waals surface area contributed by atoms with E-state index >= 15 is 0 Å². The molecule has 0 atom stereocenters. The zero-order valence-corrected chi connectivity index (χ0v) is 8.81. The Hall–Kier alpha value is -1.44. The highest BCUT2D eigenvalue weighted by molar-refractivity contribution is 6.24. The Kier molecular flexibility index (Phi) is 2.84. The quantitative estimate of drug-likeness (QED) is 0.495. The lowest BCUT2D eigenvalue weighted by molar-refractivity contribution is -0.116. The van der Waals surface area contributed by atoms with Gasteiger partial charge < -0.3 is 0 Å². The Labute approximate surface area is 84.0 Å². The van der Waals surface area contributed by atoms with Crippen molar-refractivity contribution < 1.29 is 9.59 Å². The number of Topliss-reactive ketones (excluding diaryl/α,β-unsaturated/α-hetero) is 2. The molecule has 74 valence electrons. The summed E-state index contributed by atoms with van der Waals surface area (Å²) in [6.45, 7) is 8.68. The summed E-state index contributed by atoms with van der Waals surface area (Å²) in [6.07, 6.45) is 2.12. The zero-order chi connectivity index (χ0) is 10.9. The highest BCUT2D eigenvalue weighted by atomic mass is 16.1. The van der Waals surface area contributed by atoms with Gasteiger partial charge in [-0.25, -0.2) is 0 Å². The summed E-state index contributed by atoms with van der Waals surface area (Å²) in [5.41, 5.74) is 2.30. The van der Waals surface area contributed by atoms with Gasteiger partial charge in [0.2, 0.25) is 0 Å². The molecule has 1 aliphatic carbocycles. The van der Waals surface area contributed by atoms with Gasteiger partial charge in [0, 0.05) is 22.3 Å². The normalized spacial score (nSPS) is 17.9. The Bertz CT molecular complexity index is 381. The van der Waals surface area contributed by atoms with Crippen LogP contribution in [-0.2, 0) is 9.59 Å². The van der Waals surface area contributed by atoms with Gasteiger partial charge in [-0.2, -0.15) is 0 Å². The van der Waals surface area contributed by atoms with Crippen molar-refractivity contribution in [3.8, 4) is 0 Å². The van der Waals surface area contributed by atoms with Crippen molar-refractivity contribution in [1.29, 1.82) is 0 Å². The molecular weight excluding hydrogens is 176 g/mol. The molecule has 1 rings (SSSR count). The van der Waals surface area contributed by atoms with Gasteiger partial charge >= 0.3 is 0 Å². The molecule has 0 aromatic rings. The molecule has 0 unspecified atom stereocenters. The fourth-order valence-electron chi connectivity index (χ4n) is 1.55. The molecule has 2 heteroatoms. The van der Waals surface area contributed by atoms with E-state index in [9.17, 15) is 9.59 Å². The summed E-state index contributed by atoms with van der Waals surface area (Å²) < 4.78 is 0. The smallest absolute Gasteiger partial charge is 0.185 e. The van der Waals surface area contributed by atoms with Gasteiger partial charge in [0.25, 0.3) is 0 Å². The third-order valence-corrected chi connectivity index (χ3v) is 2.66. The minimum atomic E-state index is -0.0149. The fourth-order valence-corrected chi connectivity index (χ4v) is 1.55. The first-order valence-corrected chi connectivity index (χ1v) is 4.58. The SMILES string of the molecule is C=CCC1=C(C)C(=O)C(C)=C(C)C1=O. The van der Waals surface area contributed by atoms with Crippen LogP contribution >= 0.6 is 0 Å². The Morgan fingerprint density at radius 2 is 1.50 bits per heavy atom. The van der Waals surface area contributed by atoms with Gasteiger partial charge in [-0.3, -0.25) is 9.59 Å². The van der Waals surface area contributed by atoms with Gasteiger partial charge in [-0.15, -0.1) is 6.58 Å². The molecule has 0 saturated carbocycles. The van der Waals surface area contributed by atoms with Gasteiger partial charge in [0.05, 0.1) is 0 Å². The average molecular weight is 190 g/mol. The monoisotopic (exact) mass is 190 g/mol. The molecule has 2 nitrogen and oxygen atoms in total. The van der Waals surface area contributed by atoms with Crippen LogP contribution in [0.4, 0.5) is 0 Å². The van der Waals surface area contributed by atoms with E-state index in [1.807, 2.05) is 0 Å². The van der Waals surface area contributed by atoms with Gasteiger partial charge in [-0.05, 0) is 27.2 Å². The number of allylic oxidation sites excluding steroid dienone is 5. The highest BCUT2D eigenvalue weighted by Crippen LogP contribution is 2.25. The number of carbonyl (C=O) groups is 2. The van der Waals surface area contributed by atoms with E-state index in [4.69, 9.17) is 0 Å². The molecule has 0 spiro atoms. The minimum Gasteiger partial charge on any atom is -0.289 e. The molecule has 0 heterocycles. The Morgan fingerprint density at radius 1 is 1.00 bits per heavy atom. The molecule has 0 radical (unpaired) electrons. The third kappa shape index (κ3) is 1.48. The minimum absolute atomic E-state index is 0.0144. The standard InChI is InChI=1S/C12H14O2/c1-5-6-10-9(4)11(13)7(2)8(3)12(10)14/h5H,1,6H2,2-4H3. The van der Waals surface area contributed by atoms with E-state index in [2.05, 4.69) is 6.58 Å². The predicted molar refractivity (Wildman–Crippen MR) is 55.9 cm³/mol. The lowest BCUT2D eigenvalue weighted by atomic mass is 9.85. The zero-order valence-electron chi connectivity index (χ0n) is 8.81. The number of carbonyl (C=O) groups excluding carboxylic acids is 2. The molecule has 14 heavy (non-hydrogen) atoms. The third-order valence-electron chi connectivity index (χ3n) is 2.66. The van der Waals surface area contributed by atoms with E-state index in [-0.39, 0.29) is 11.6 Å². The van der Waals surface area contributed by atoms with Crippen LogP contribution < -0.4 is 0 Å². The topological polar surface area (TPSA) is 34.1 Å². The van der Waals surface area contributed by atoms with Crippen molar-refractivity contribution in [2.24, 2.45) is 0 Å². The first kappa shape index (κ1) is 10.6. The molecule has 0 aliphatic heterocycles. The highest BCUT2D eigenvalue weighted by Gasteiger charge is 2.26. The van der Waals surface area contributed by atoms with Crippen molar-refractivity contribution in [2.45, 2.75) is 27.2 Å². The summed E-state index contributed by atoms with van der Waals surface area (Å²) >= 11 is 0. The maximum atomic E-state index is 11.8. The summed E-state index contributed by atoms with van der Waals surface area (Å²) in [5.74, 6) is -0.0292. The van der Waals surface area contributed by atoms with E-state index < -0.39 is 0 Å². The van der Waals surface area contributed by atoms with Crippen molar-refractivity contribution in [2.75, 3.05) is 0 Å². The molecule has 0 amide bonds. The van der Waals surface area contributed by atoms with E-state index in [0.717, 1.165) is 0 Å². The van der Waals surface area contributed by atoms with Crippen LogP contribution in [0.3, 0.4) is 0 Å². The fraction of sp³-hybridized carbons (Fsp3) is 0.333.